The maximum Gasteiger partial charge on any atom is 0.333 e. The molecular formula is C109H264O26. The average molecular weight is 1990 g/mol. The number of methoxy groups -OCH3 is 4. The summed E-state index contributed by atoms with van der Waals surface area (Å²) in [4.78, 5) is 21.0. The smallest absolute Gasteiger partial charge is 0.333 e. The Labute approximate surface area is 852 Å². The number of aliphatic hydroxyl groups is 1. The molecule has 0 aliphatic rings. The predicted octanol–water partition coefficient (Wildman–Crippen LogP) is 29.6. The Bertz CT molecular complexity index is 1960. The van der Waals surface area contributed by atoms with Gasteiger partial charge in [-0.15, -0.1) is 0 Å². The Morgan fingerprint density at radius 2 is 0.578 bits per heavy atom. The van der Waals surface area contributed by atoms with Gasteiger partial charge in [0.15, 0.2) is 0 Å². The summed E-state index contributed by atoms with van der Waals surface area (Å²) in [5, 5.41) is 8.70. The highest BCUT2D eigenvalue weighted by molar-refractivity contribution is 5.86. The van der Waals surface area contributed by atoms with Crippen molar-refractivity contribution in [3.05, 3.63) is 42.5 Å². The molecule has 26 nitrogen and oxygen atoms in total. The molecule has 1 aromatic rings. The van der Waals surface area contributed by atoms with E-state index in [0.29, 0.717) is 170 Å². The van der Waals surface area contributed by atoms with Gasteiger partial charge in [-0.05, 0) is 165 Å². The third-order valence-electron chi connectivity index (χ3n) is 16.4. The van der Waals surface area contributed by atoms with Crippen molar-refractivity contribution in [2.24, 2.45) is 0 Å². The summed E-state index contributed by atoms with van der Waals surface area (Å²) >= 11 is 0. The van der Waals surface area contributed by atoms with Crippen molar-refractivity contribution >= 4 is 12.4 Å². The largest absolute Gasteiger partial charge is 0.491 e. The van der Waals surface area contributed by atoms with E-state index < -0.39 is 5.97 Å². The van der Waals surface area contributed by atoms with E-state index in [1.807, 2.05) is 71.9 Å². The molecule has 0 amide bonds. The van der Waals surface area contributed by atoms with Crippen LogP contribution in [-0.4, -0.2) is 304 Å². The molecule has 26 heteroatoms. The fraction of sp³-hybridized carbons (Fsp3) is 0.908. The van der Waals surface area contributed by atoms with Crippen molar-refractivity contribution in [3.8, 4) is 5.75 Å². The Kier molecular flexibility index (Phi) is 274. The summed E-state index contributed by atoms with van der Waals surface area (Å²) in [7, 11) is 6.75. The van der Waals surface area contributed by atoms with Crippen molar-refractivity contribution in [2.75, 3.05) is 213 Å². The molecule has 135 heavy (non-hydrogen) atoms. The fourth-order valence-corrected chi connectivity index (χ4v) is 9.70. The molecule has 0 heterocycles. The number of carbonyl (C=O) groups excluding carboxylic acids is 2. The highest BCUT2D eigenvalue weighted by Crippen LogP contribution is 2.18. The van der Waals surface area contributed by atoms with Crippen LogP contribution in [0.4, 0.5) is 0 Å². The summed E-state index contributed by atoms with van der Waals surface area (Å²) < 4.78 is 125. The van der Waals surface area contributed by atoms with E-state index in [4.69, 9.17) is 109 Å². The van der Waals surface area contributed by atoms with Gasteiger partial charge >= 0.3 is 5.97 Å². The van der Waals surface area contributed by atoms with Crippen LogP contribution in [0.2, 0.25) is 0 Å². The van der Waals surface area contributed by atoms with Gasteiger partial charge in [0, 0.05) is 60.4 Å². The standard InChI is InChI=1S/C24H50O7.C17H28O4.C14H26O5.C13H28O4.C12H24O5.C5H12O.24CH4/c1-6-10-11-27-16-19-30-23(7-2)21-24(31-18-14-26-9-4)20-22(5)29-17-15-28-13-12-25-8-3;1-4-16(20-11-10-18-3)14-15(2)19-12-13-21-17-8-6-5-7-9-17;1-5-13(18-7-6-15)10-12(4)17-8-9-19-14(16)11(2)3;1-5-13(17-9-7-14-4)11-12(3)16-10-8-15-6-2;1-4-12(17-7-5-14-3)9-11(2)16-8-6-15-10-13;1-4-5(2)6-3;;;;;;;;;;;;;;;;;;;;;;;;/h22-24H,6-21H2,1-5H3;5-9,15-16H,4,10-14H2,1-3H3;12-13,15H,2,5-10H2,1,3-4H3;12-13H,5-11H2,1-4H3;10-12H,4-9H2,1-3H3;5H,4H2,1-3H3;24*1H4. The van der Waals surface area contributed by atoms with Crippen molar-refractivity contribution in [3.63, 3.8) is 0 Å². The van der Waals surface area contributed by atoms with E-state index in [2.05, 4.69) is 80.6 Å². The van der Waals surface area contributed by atoms with Crippen molar-refractivity contribution < 1.29 is 124 Å². The molecule has 12 unspecified atom stereocenters. The van der Waals surface area contributed by atoms with Crippen LogP contribution in [0.1, 0.15) is 386 Å². The summed E-state index contributed by atoms with van der Waals surface area (Å²) in [5.41, 5.74) is 0.386. The highest BCUT2D eigenvalue weighted by Gasteiger charge is 2.21. The molecule has 0 spiro atoms. The molecule has 0 radical (unpaired) electrons. The third-order valence-corrected chi connectivity index (χ3v) is 16.4. The quantitative estimate of drug-likeness (QED) is 0.0275. The zero-order valence-corrected chi connectivity index (χ0v) is 74.0. The number of ether oxygens (including phenoxy) is 23. The van der Waals surface area contributed by atoms with Crippen LogP contribution in [0.5, 0.6) is 5.75 Å². The van der Waals surface area contributed by atoms with Gasteiger partial charge in [-0.2, -0.15) is 0 Å². The number of benzene rings is 1. The predicted molar refractivity (Wildman–Crippen MR) is 601 cm³/mol. The number of rotatable bonds is 74. The number of carbonyl (C=O) groups is 2. The molecule has 1 rings (SSSR count). The van der Waals surface area contributed by atoms with Crippen molar-refractivity contribution in [1.82, 2.24) is 0 Å². The fourth-order valence-electron chi connectivity index (χ4n) is 9.70. The number of aliphatic hydroxyl groups excluding tert-OH is 1. The first-order chi connectivity index (χ1) is 53.7. The number of hydrogen-bond donors (Lipinski definition) is 1. The Morgan fingerprint density at radius 1 is 0.311 bits per heavy atom. The number of unbranched alkanes of at least 4 members (excludes halogenated alkanes) is 1. The first kappa shape index (κ1) is 213. The van der Waals surface area contributed by atoms with E-state index in [1.54, 1.807) is 35.4 Å². The van der Waals surface area contributed by atoms with Crippen LogP contribution in [-0.2, 0) is 114 Å². The van der Waals surface area contributed by atoms with Crippen LogP contribution in [0.25, 0.3) is 0 Å². The molecule has 856 valence electrons. The van der Waals surface area contributed by atoms with Crippen molar-refractivity contribution in [2.45, 2.75) is 459 Å². The van der Waals surface area contributed by atoms with Gasteiger partial charge in [-0.25, -0.2) is 4.79 Å². The molecule has 0 saturated heterocycles. The summed E-state index contributed by atoms with van der Waals surface area (Å²) in [6.07, 6.45) is 15.2. The zero-order chi connectivity index (χ0) is 83.9. The van der Waals surface area contributed by atoms with Gasteiger partial charge in [-0.3, -0.25) is 4.79 Å². The van der Waals surface area contributed by atoms with Gasteiger partial charge in [0.1, 0.15) is 25.6 Å². The lowest BCUT2D eigenvalue weighted by molar-refractivity contribution is -0.141. The third kappa shape index (κ3) is 165. The first-order valence-corrected chi connectivity index (χ1v) is 41.6. The Hall–Kier alpha value is -3.14. The molecule has 0 aliphatic carbocycles. The zero-order valence-electron chi connectivity index (χ0n) is 74.0. The van der Waals surface area contributed by atoms with Crippen molar-refractivity contribution in [1.29, 1.82) is 0 Å². The average Bonchev–Trinajstić information content (AvgIpc) is 0.927. The summed E-state index contributed by atoms with van der Waals surface area (Å²) in [5.74, 6) is 0.483. The summed E-state index contributed by atoms with van der Waals surface area (Å²) in [6.45, 7) is 54.3. The van der Waals surface area contributed by atoms with Gasteiger partial charge in [-0.1, -0.05) is 258 Å². The van der Waals surface area contributed by atoms with Crippen LogP contribution in [0, 0.1) is 0 Å². The molecule has 12 atom stereocenters. The van der Waals surface area contributed by atoms with Crippen LogP contribution in [0.15, 0.2) is 42.5 Å². The normalized spacial score (nSPS) is 11.8. The second-order valence-corrected chi connectivity index (χ2v) is 26.2. The second kappa shape index (κ2) is 173. The number of hydrogen-bond acceptors (Lipinski definition) is 26. The van der Waals surface area contributed by atoms with E-state index in [1.165, 1.54) is 0 Å². The van der Waals surface area contributed by atoms with E-state index in [9.17, 15) is 9.59 Å². The van der Waals surface area contributed by atoms with Crippen LogP contribution in [0.3, 0.4) is 0 Å². The maximum absolute atomic E-state index is 11.1. The van der Waals surface area contributed by atoms with Crippen LogP contribution < -0.4 is 4.74 Å². The van der Waals surface area contributed by atoms with E-state index in [0.717, 1.165) is 115 Å². The Morgan fingerprint density at radius 3 is 0.867 bits per heavy atom. The minimum Gasteiger partial charge on any atom is -0.491 e. The van der Waals surface area contributed by atoms with Gasteiger partial charge in [0.25, 0.3) is 6.47 Å². The first-order valence-electron chi connectivity index (χ1n) is 41.6. The number of para-hydroxylation sites is 1. The molecular weight excluding hydrogens is 1730 g/mol. The van der Waals surface area contributed by atoms with Gasteiger partial charge in [0.2, 0.25) is 0 Å². The topological polar surface area (TPSA) is 267 Å². The van der Waals surface area contributed by atoms with Gasteiger partial charge in [0.05, 0.1) is 212 Å². The molecule has 0 fully saturated rings. The maximum atomic E-state index is 11.1. The minimum absolute atomic E-state index is 0. The molecule has 0 bridgehead atoms. The van der Waals surface area contributed by atoms with Gasteiger partial charge < -0.3 is 114 Å². The molecule has 1 aromatic carbocycles. The lowest BCUT2D eigenvalue weighted by Crippen LogP contribution is -2.29. The minimum atomic E-state index is -0.394. The summed E-state index contributed by atoms with van der Waals surface area (Å²) in [6, 6.07) is 9.78. The molecule has 0 saturated carbocycles. The van der Waals surface area contributed by atoms with E-state index in [-0.39, 0.29) is 259 Å². The lowest BCUT2D eigenvalue weighted by Gasteiger charge is -2.26. The lowest BCUT2D eigenvalue weighted by atomic mass is 10.0. The number of esters is 1. The molecule has 0 aliphatic heterocycles. The molecule has 1 N–H and O–H groups in total. The second-order valence-electron chi connectivity index (χ2n) is 26.2. The highest BCUT2D eigenvalue weighted by atomic mass is 16.6. The van der Waals surface area contributed by atoms with Crippen LogP contribution >= 0.6 is 0 Å². The Balaban J connectivity index is -0.0000000368. The SMILES string of the molecule is C.C.C.C.C.C.C.C.C.C.C.C.C.C.C.C.C.C.C.C.C.C.C.C.C=C(C)C(=O)OCCOC(C)CC(CC)OCCO.CCC(C)OC.CCC(CC(C)OCCOC=O)OCCOC.CCC(CC(C)OCCOc1ccccc1)OCCOC.CCCCOCCOC(CC)CC(CC(C)OCCOCCOCC)OCCOCC.CCOCCOC(C)CC(CC)OCCOC. The van der Waals surface area contributed by atoms with E-state index >= 15 is 0 Å². The monoisotopic (exact) mass is 1990 g/mol. The molecule has 0 aromatic heterocycles.